The van der Waals surface area contributed by atoms with Crippen molar-refractivity contribution < 1.29 is 4.74 Å². The van der Waals surface area contributed by atoms with Gasteiger partial charge in [0.05, 0.1) is 19.3 Å². The van der Waals surface area contributed by atoms with E-state index in [1.807, 2.05) is 0 Å². The third-order valence-electron chi connectivity index (χ3n) is 2.57. The molecule has 1 aromatic heterocycles. The molecule has 0 amide bonds. The lowest BCUT2D eigenvalue weighted by Crippen LogP contribution is -2.45. The van der Waals surface area contributed by atoms with Gasteiger partial charge in [0.15, 0.2) is 0 Å². The Kier molecular flexibility index (Phi) is 3.67. The lowest BCUT2D eigenvalue weighted by Gasteiger charge is -2.31. The molecular formula is C9H17N7O. The summed E-state index contributed by atoms with van der Waals surface area (Å²) in [5, 5.41) is 0. The molecule has 6 N–H and O–H groups in total. The Hall–Kier alpha value is -1.51. The van der Waals surface area contributed by atoms with E-state index in [0.29, 0.717) is 25.5 Å². The molecule has 0 radical (unpaired) electrons. The molecule has 0 aromatic carbocycles. The molecule has 8 nitrogen and oxygen atoms in total. The van der Waals surface area contributed by atoms with Crippen molar-refractivity contribution in [1.82, 2.24) is 19.9 Å². The molecular weight excluding hydrogens is 222 g/mol. The fourth-order valence-corrected chi connectivity index (χ4v) is 1.79. The molecule has 1 unspecified atom stereocenters. The van der Waals surface area contributed by atoms with Crippen LogP contribution in [0.25, 0.3) is 0 Å². The molecule has 1 aromatic rings. The van der Waals surface area contributed by atoms with Gasteiger partial charge in [-0.05, 0) is 0 Å². The predicted molar refractivity (Wildman–Crippen MR) is 62.7 cm³/mol. The number of morpholine rings is 1. The normalized spacial score (nSPS) is 21.6. The average Bonchev–Trinajstić information content (AvgIpc) is 2.28. The molecule has 1 fully saturated rings. The minimum absolute atomic E-state index is 0.0697. The largest absolute Gasteiger partial charge is 0.374 e. The summed E-state index contributed by atoms with van der Waals surface area (Å²) in [6.45, 7) is 3.34. The summed E-state index contributed by atoms with van der Waals surface area (Å²) in [6, 6.07) is 0. The summed E-state index contributed by atoms with van der Waals surface area (Å²) < 4.78 is 5.47. The van der Waals surface area contributed by atoms with Crippen LogP contribution in [0.4, 0.5) is 11.9 Å². The van der Waals surface area contributed by atoms with E-state index in [9.17, 15) is 0 Å². The van der Waals surface area contributed by atoms with Crippen molar-refractivity contribution in [2.45, 2.75) is 12.6 Å². The number of nitrogens with two attached hydrogens (primary N) is 3. The fourth-order valence-electron chi connectivity index (χ4n) is 1.79. The van der Waals surface area contributed by atoms with Crippen molar-refractivity contribution in [3.8, 4) is 0 Å². The van der Waals surface area contributed by atoms with Crippen molar-refractivity contribution in [2.75, 3.05) is 37.7 Å². The Morgan fingerprint density at radius 3 is 2.59 bits per heavy atom. The predicted octanol–water partition coefficient (Wildman–Crippen LogP) is -1.80. The van der Waals surface area contributed by atoms with E-state index < -0.39 is 0 Å². The van der Waals surface area contributed by atoms with Gasteiger partial charge in [0, 0.05) is 19.6 Å². The average molecular weight is 239 g/mol. The number of rotatable bonds is 3. The van der Waals surface area contributed by atoms with E-state index in [1.54, 1.807) is 0 Å². The van der Waals surface area contributed by atoms with Gasteiger partial charge < -0.3 is 21.9 Å². The van der Waals surface area contributed by atoms with Gasteiger partial charge in [-0.25, -0.2) is 0 Å². The number of nitrogen functional groups attached to an aromatic ring is 2. The van der Waals surface area contributed by atoms with E-state index in [1.165, 1.54) is 0 Å². The molecule has 2 heterocycles. The fraction of sp³-hybridized carbons (Fsp3) is 0.667. The minimum Gasteiger partial charge on any atom is -0.374 e. The molecule has 8 heteroatoms. The molecule has 0 saturated carbocycles. The first-order chi connectivity index (χ1) is 8.17. The van der Waals surface area contributed by atoms with E-state index >= 15 is 0 Å². The maximum Gasteiger partial charge on any atom is 0.225 e. The van der Waals surface area contributed by atoms with Crippen LogP contribution in [0.1, 0.15) is 5.82 Å². The molecule has 0 aliphatic carbocycles. The summed E-state index contributed by atoms with van der Waals surface area (Å²) in [7, 11) is 0. The Balaban J connectivity index is 2.00. The third kappa shape index (κ3) is 3.22. The second-order valence-electron chi connectivity index (χ2n) is 3.93. The van der Waals surface area contributed by atoms with E-state index in [4.69, 9.17) is 21.9 Å². The lowest BCUT2D eigenvalue weighted by molar-refractivity contribution is -0.0268. The van der Waals surface area contributed by atoms with Crippen LogP contribution in [0.15, 0.2) is 0 Å². The smallest absolute Gasteiger partial charge is 0.225 e. The van der Waals surface area contributed by atoms with Gasteiger partial charge >= 0.3 is 0 Å². The Labute approximate surface area is 99.2 Å². The van der Waals surface area contributed by atoms with Crippen LogP contribution in [0.5, 0.6) is 0 Å². The first kappa shape index (κ1) is 12.0. The molecule has 1 saturated heterocycles. The number of aromatic nitrogens is 3. The van der Waals surface area contributed by atoms with E-state index in [0.717, 1.165) is 13.1 Å². The first-order valence-electron chi connectivity index (χ1n) is 5.47. The Morgan fingerprint density at radius 1 is 1.24 bits per heavy atom. The zero-order chi connectivity index (χ0) is 12.3. The van der Waals surface area contributed by atoms with Gasteiger partial charge in [-0.15, -0.1) is 0 Å². The van der Waals surface area contributed by atoms with Crippen LogP contribution in [0.2, 0.25) is 0 Å². The quantitative estimate of drug-likeness (QED) is 0.563. The van der Waals surface area contributed by atoms with Gasteiger partial charge in [-0.3, -0.25) is 4.90 Å². The van der Waals surface area contributed by atoms with Crippen LogP contribution >= 0.6 is 0 Å². The molecule has 94 valence electrons. The highest BCUT2D eigenvalue weighted by Crippen LogP contribution is 2.08. The summed E-state index contributed by atoms with van der Waals surface area (Å²) in [5.74, 6) is 0.875. The first-order valence-corrected chi connectivity index (χ1v) is 5.47. The number of hydrogen-bond donors (Lipinski definition) is 3. The maximum atomic E-state index is 5.57. The van der Waals surface area contributed by atoms with Crippen molar-refractivity contribution in [3.63, 3.8) is 0 Å². The Morgan fingerprint density at radius 2 is 1.94 bits per heavy atom. The van der Waals surface area contributed by atoms with Crippen molar-refractivity contribution in [2.24, 2.45) is 5.73 Å². The van der Waals surface area contributed by atoms with Gasteiger partial charge in [-0.1, -0.05) is 0 Å². The second-order valence-corrected chi connectivity index (χ2v) is 3.93. The number of ether oxygens (including phenoxy) is 1. The van der Waals surface area contributed by atoms with Crippen LogP contribution in [-0.4, -0.2) is 52.2 Å². The maximum absolute atomic E-state index is 5.57. The SMILES string of the molecule is NCC1CN(Cc2nc(N)nc(N)n2)CCO1. The topological polar surface area (TPSA) is 129 Å². The molecule has 17 heavy (non-hydrogen) atoms. The number of nitrogens with zero attached hydrogens (tertiary/aromatic N) is 4. The molecule has 1 atom stereocenters. The number of anilines is 2. The zero-order valence-electron chi connectivity index (χ0n) is 9.54. The molecule has 0 spiro atoms. The monoisotopic (exact) mass is 239 g/mol. The Bertz CT molecular complexity index is 365. The van der Waals surface area contributed by atoms with Gasteiger partial charge in [0.2, 0.25) is 11.9 Å². The summed E-state index contributed by atoms with van der Waals surface area (Å²) in [4.78, 5) is 14.0. The minimum atomic E-state index is 0.0697. The molecule has 1 aliphatic heterocycles. The van der Waals surface area contributed by atoms with Crippen LogP contribution in [0.3, 0.4) is 0 Å². The molecule has 1 aliphatic rings. The summed E-state index contributed by atoms with van der Waals surface area (Å²) in [6.07, 6.45) is 0.0697. The highest BCUT2D eigenvalue weighted by atomic mass is 16.5. The van der Waals surface area contributed by atoms with Gasteiger partial charge in [-0.2, -0.15) is 15.0 Å². The van der Waals surface area contributed by atoms with E-state index in [-0.39, 0.29) is 18.0 Å². The van der Waals surface area contributed by atoms with Crippen LogP contribution in [-0.2, 0) is 11.3 Å². The van der Waals surface area contributed by atoms with Crippen molar-refractivity contribution in [1.29, 1.82) is 0 Å². The van der Waals surface area contributed by atoms with Gasteiger partial charge in [0.1, 0.15) is 5.82 Å². The summed E-state index contributed by atoms with van der Waals surface area (Å²) in [5.41, 5.74) is 16.6. The summed E-state index contributed by atoms with van der Waals surface area (Å²) >= 11 is 0. The van der Waals surface area contributed by atoms with Crippen molar-refractivity contribution >= 4 is 11.9 Å². The van der Waals surface area contributed by atoms with Gasteiger partial charge in [0.25, 0.3) is 0 Å². The van der Waals surface area contributed by atoms with Crippen LogP contribution < -0.4 is 17.2 Å². The zero-order valence-corrected chi connectivity index (χ0v) is 9.54. The van der Waals surface area contributed by atoms with Crippen LogP contribution in [0, 0.1) is 0 Å². The number of hydrogen-bond acceptors (Lipinski definition) is 8. The lowest BCUT2D eigenvalue weighted by atomic mass is 10.2. The third-order valence-corrected chi connectivity index (χ3v) is 2.57. The highest BCUT2D eigenvalue weighted by Gasteiger charge is 2.20. The standard InChI is InChI=1S/C9H17N7O/c10-3-6-4-16(1-2-17-6)5-7-13-8(11)15-9(12)14-7/h6H,1-5,10H2,(H4,11,12,13,14,15). The molecule has 2 rings (SSSR count). The second kappa shape index (κ2) is 5.21. The van der Waals surface area contributed by atoms with Crippen molar-refractivity contribution in [3.05, 3.63) is 5.82 Å². The molecule has 0 bridgehead atoms. The van der Waals surface area contributed by atoms with E-state index in [2.05, 4.69) is 19.9 Å². The highest BCUT2D eigenvalue weighted by molar-refractivity contribution is 5.25.